The molecule has 2 N–H and O–H groups in total. The van der Waals surface area contributed by atoms with Gasteiger partial charge in [0.1, 0.15) is 6.04 Å². The van der Waals surface area contributed by atoms with E-state index >= 15 is 0 Å². The van der Waals surface area contributed by atoms with E-state index in [0.717, 1.165) is 41.4 Å². The van der Waals surface area contributed by atoms with Crippen molar-refractivity contribution in [2.75, 3.05) is 45.8 Å². The van der Waals surface area contributed by atoms with Crippen LogP contribution < -0.4 is 10.6 Å². The summed E-state index contributed by atoms with van der Waals surface area (Å²) in [4.78, 5) is 17.3. The molecular weight excluding hydrogens is 532 g/mol. The first-order chi connectivity index (χ1) is 19.8. The lowest BCUT2D eigenvalue weighted by Crippen LogP contribution is -2.49. The maximum Gasteiger partial charge on any atom is 0.324 e. The number of hydrogen-bond acceptors (Lipinski definition) is 6. The quantitative estimate of drug-likeness (QED) is 0.122. The van der Waals surface area contributed by atoms with Gasteiger partial charge in [-0.25, -0.2) is 0 Å². The van der Waals surface area contributed by atoms with E-state index in [4.69, 9.17) is 4.74 Å². The number of esters is 1. The SMILES string of the molecule is CC(C)CCN(CCN(CC(C)C(C)C)CC(C)C(C)C)CC(C)C(C)C.CC(C)NCC(NC(C)C)C(=O)OC(C)C. The van der Waals surface area contributed by atoms with Crippen LogP contribution in [0.2, 0.25) is 0 Å². The average molecular weight is 613 g/mol. The van der Waals surface area contributed by atoms with Gasteiger partial charge < -0.3 is 25.2 Å². The first kappa shape index (κ1) is 44.4. The lowest BCUT2D eigenvalue weighted by atomic mass is 9.94. The number of nitrogens with one attached hydrogen (secondary N) is 2. The van der Waals surface area contributed by atoms with Crippen molar-refractivity contribution in [1.29, 1.82) is 0 Å². The number of ether oxygens (including phenoxy) is 1. The Balaban J connectivity index is 0. The van der Waals surface area contributed by atoms with Crippen molar-refractivity contribution < 1.29 is 9.53 Å². The molecule has 0 bridgehead atoms. The van der Waals surface area contributed by atoms with Gasteiger partial charge in [-0.15, -0.1) is 0 Å². The molecule has 0 spiro atoms. The van der Waals surface area contributed by atoms with Gasteiger partial charge in [-0.05, 0) is 68.2 Å². The van der Waals surface area contributed by atoms with Crippen LogP contribution in [0, 0.1) is 41.4 Å². The average Bonchev–Trinajstić information content (AvgIpc) is 2.86. The van der Waals surface area contributed by atoms with Crippen LogP contribution in [-0.4, -0.2) is 85.8 Å². The smallest absolute Gasteiger partial charge is 0.324 e. The van der Waals surface area contributed by atoms with Crippen LogP contribution in [0.25, 0.3) is 0 Å². The third kappa shape index (κ3) is 25.2. The Morgan fingerprint density at radius 1 is 0.581 bits per heavy atom. The predicted molar refractivity (Wildman–Crippen MR) is 191 cm³/mol. The minimum atomic E-state index is -0.273. The van der Waals surface area contributed by atoms with Gasteiger partial charge in [0, 0.05) is 51.4 Å². The Morgan fingerprint density at radius 2 is 1.00 bits per heavy atom. The summed E-state index contributed by atoms with van der Waals surface area (Å²) in [6.45, 7) is 46.1. The first-order valence-corrected chi connectivity index (χ1v) is 17.9. The maximum absolute atomic E-state index is 11.8. The van der Waals surface area contributed by atoms with Gasteiger partial charge in [0.15, 0.2) is 0 Å². The molecule has 0 heterocycles. The van der Waals surface area contributed by atoms with E-state index in [-0.39, 0.29) is 24.2 Å². The Labute approximate surface area is 271 Å². The number of carbonyl (C=O) groups is 1. The fraction of sp³-hybridized carbons (Fsp3) is 0.973. The Bertz CT molecular complexity index is 647. The molecule has 0 aromatic rings. The van der Waals surface area contributed by atoms with Gasteiger partial charge in [-0.1, -0.05) is 104 Å². The number of carbonyl (C=O) groups excluding carboxylic acids is 1. The minimum Gasteiger partial charge on any atom is -0.462 e. The maximum atomic E-state index is 11.8. The molecule has 0 rings (SSSR count). The summed E-state index contributed by atoms with van der Waals surface area (Å²) in [6, 6.07) is 0.354. The molecule has 0 aliphatic carbocycles. The number of hydrogen-bond donors (Lipinski definition) is 2. The van der Waals surface area contributed by atoms with Gasteiger partial charge >= 0.3 is 5.97 Å². The standard InChI is InChI=1S/C25H54N2.C12H26N2O2/c1-19(2)12-13-26(16-23(9)20(3)4)14-15-27(17-24(10)21(5)6)18-25(11)22(7)8;1-8(2)13-7-11(14-9(3)4)12(15)16-10(5)6/h19-25H,12-18H2,1-11H3;8-11,13-14H,7H2,1-6H3. The molecule has 0 aliphatic heterocycles. The van der Waals surface area contributed by atoms with Crippen molar-refractivity contribution in [3.8, 4) is 0 Å². The first-order valence-electron chi connectivity index (χ1n) is 17.9. The third-order valence-electron chi connectivity index (χ3n) is 8.71. The van der Waals surface area contributed by atoms with E-state index in [1.807, 2.05) is 27.7 Å². The summed E-state index contributed by atoms with van der Waals surface area (Å²) in [5.74, 6) is 5.21. The van der Waals surface area contributed by atoms with E-state index in [0.29, 0.717) is 12.6 Å². The third-order valence-corrected chi connectivity index (χ3v) is 8.71. The molecule has 0 amide bonds. The molecule has 0 saturated heterocycles. The molecule has 6 heteroatoms. The summed E-state index contributed by atoms with van der Waals surface area (Å²) in [5.41, 5.74) is 0. The van der Waals surface area contributed by atoms with Gasteiger partial charge in [0.25, 0.3) is 0 Å². The molecule has 4 unspecified atom stereocenters. The highest BCUT2D eigenvalue weighted by molar-refractivity contribution is 5.76. The zero-order valence-electron chi connectivity index (χ0n) is 32.2. The molecule has 260 valence electrons. The van der Waals surface area contributed by atoms with Crippen molar-refractivity contribution >= 4 is 5.97 Å². The van der Waals surface area contributed by atoms with Crippen LogP contribution in [0.5, 0.6) is 0 Å². The van der Waals surface area contributed by atoms with Crippen LogP contribution >= 0.6 is 0 Å². The second-order valence-corrected chi connectivity index (χ2v) is 15.8. The van der Waals surface area contributed by atoms with Crippen LogP contribution in [0.15, 0.2) is 0 Å². The highest BCUT2D eigenvalue weighted by atomic mass is 16.5. The predicted octanol–water partition coefficient (Wildman–Crippen LogP) is 7.82. The van der Waals surface area contributed by atoms with Gasteiger partial charge in [0.2, 0.25) is 0 Å². The fourth-order valence-electron chi connectivity index (χ4n) is 4.41. The lowest BCUT2D eigenvalue weighted by Gasteiger charge is -2.34. The van der Waals surface area contributed by atoms with Crippen molar-refractivity contribution in [2.45, 2.75) is 148 Å². The zero-order valence-corrected chi connectivity index (χ0v) is 32.2. The van der Waals surface area contributed by atoms with Gasteiger partial charge in [-0.3, -0.25) is 4.79 Å². The van der Waals surface area contributed by atoms with E-state index in [1.54, 1.807) is 0 Å². The van der Waals surface area contributed by atoms with Crippen molar-refractivity contribution in [3.05, 3.63) is 0 Å². The Kier molecular flexibility index (Phi) is 25.3. The normalized spacial score (nSPS) is 15.3. The summed E-state index contributed by atoms with van der Waals surface area (Å²) in [6.07, 6.45) is 1.25. The van der Waals surface area contributed by atoms with Gasteiger partial charge in [-0.2, -0.15) is 0 Å². The van der Waals surface area contributed by atoms with E-state index < -0.39 is 0 Å². The second kappa shape index (κ2) is 24.5. The Morgan fingerprint density at radius 3 is 1.35 bits per heavy atom. The topological polar surface area (TPSA) is 56.8 Å². The Hall–Kier alpha value is -0.690. The van der Waals surface area contributed by atoms with E-state index in [2.05, 4.69) is 110 Å². The molecule has 43 heavy (non-hydrogen) atoms. The molecule has 0 aliphatic rings. The van der Waals surface area contributed by atoms with Crippen molar-refractivity contribution in [1.82, 2.24) is 20.4 Å². The lowest BCUT2D eigenvalue weighted by molar-refractivity contribution is -0.150. The fourth-order valence-corrected chi connectivity index (χ4v) is 4.41. The highest BCUT2D eigenvalue weighted by Gasteiger charge is 2.22. The minimum absolute atomic E-state index is 0.0667. The summed E-state index contributed by atoms with van der Waals surface area (Å²) in [7, 11) is 0. The highest BCUT2D eigenvalue weighted by Crippen LogP contribution is 2.17. The van der Waals surface area contributed by atoms with Crippen molar-refractivity contribution in [2.24, 2.45) is 41.4 Å². The largest absolute Gasteiger partial charge is 0.462 e. The monoisotopic (exact) mass is 613 g/mol. The summed E-state index contributed by atoms with van der Waals surface area (Å²) in [5, 5.41) is 6.45. The molecule has 4 atom stereocenters. The molecule has 0 aromatic carbocycles. The molecule has 0 radical (unpaired) electrons. The molecule has 0 fully saturated rings. The van der Waals surface area contributed by atoms with Gasteiger partial charge in [0.05, 0.1) is 6.10 Å². The molecule has 0 aromatic heterocycles. The van der Waals surface area contributed by atoms with Crippen LogP contribution in [0.1, 0.15) is 124 Å². The van der Waals surface area contributed by atoms with Crippen LogP contribution in [0.4, 0.5) is 0 Å². The second-order valence-electron chi connectivity index (χ2n) is 15.8. The molecule has 6 nitrogen and oxygen atoms in total. The molecular formula is C37H80N4O2. The van der Waals surface area contributed by atoms with E-state index in [9.17, 15) is 4.79 Å². The molecule has 0 saturated carbocycles. The van der Waals surface area contributed by atoms with Crippen LogP contribution in [-0.2, 0) is 9.53 Å². The summed E-state index contributed by atoms with van der Waals surface area (Å²) < 4.78 is 5.20. The zero-order chi connectivity index (χ0) is 33.9. The summed E-state index contributed by atoms with van der Waals surface area (Å²) >= 11 is 0. The van der Waals surface area contributed by atoms with Crippen molar-refractivity contribution in [3.63, 3.8) is 0 Å². The van der Waals surface area contributed by atoms with Crippen LogP contribution in [0.3, 0.4) is 0 Å². The number of rotatable bonds is 22. The van der Waals surface area contributed by atoms with E-state index in [1.165, 1.54) is 45.7 Å². The number of nitrogens with zero attached hydrogens (tertiary/aromatic N) is 2.